The number of likely N-dealkylation sites (N-methyl/N-ethyl adjacent to an activating group) is 1. The van der Waals surface area contributed by atoms with Crippen LogP contribution in [-0.4, -0.2) is 62.7 Å². The van der Waals surface area contributed by atoms with Crippen LogP contribution < -0.4 is 4.72 Å². The molecule has 3 N–H and O–H groups in total. The first-order valence-electron chi connectivity index (χ1n) is 6.03. The van der Waals surface area contributed by atoms with Gasteiger partial charge in [0.25, 0.3) is 0 Å². The number of hydrogen-bond acceptors (Lipinski definition) is 5. The summed E-state index contributed by atoms with van der Waals surface area (Å²) in [6.07, 6.45) is 0. The number of nitrogens with one attached hydrogen (secondary N) is 1. The zero-order valence-electron chi connectivity index (χ0n) is 12.3. The average molecular weight is 387 g/mol. The molecule has 130 valence electrons. The van der Waals surface area contributed by atoms with Crippen LogP contribution in [0.5, 0.6) is 0 Å². The fourth-order valence-corrected chi connectivity index (χ4v) is 3.38. The van der Waals surface area contributed by atoms with Gasteiger partial charge in [0, 0.05) is 13.1 Å². The summed E-state index contributed by atoms with van der Waals surface area (Å²) in [6, 6.07) is 4.59. The number of nitrogens with zero attached hydrogens (tertiary/aromatic N) is 1. The molecule has 1 aromatic carbocycles. The van der Waals surface area contributed by atoms with Gasteiger partial charge in [0.2, 0.25) is 10.0 Å². The first kappa shape index (κ1) is 21.6. The Balaban J connectivity index is 0.000000688. The molecular weight excluding hydrogens is 371 g/mol. The Morgan fingerprint density at radius 1 is 1.13 bits per heavy atom. The van der Waals surface area contributed by atoms with Gasteiger partial charge in [-0.15, -0.1) is 0 Å². The molecule has 0 atom stereocenters. The molecule has 0 amide bonds. The zero-order chi connectivity index (χ0) is 18.2. The van der Waals surface area contributed by atoms with Crippen molar-refractivity contribution in [3.05, 3.63) is 28.2 Å². The summed E-state index contributed by atoms with van der Waals surface area (Å²) in [4.78, 5) is 20.0. The van der Waals surface area contributed by atoms with Gasteiger partial charge in [-0.3, -0.25) is 0 Å². The van der Waals surface area contributed by atoms with Crippen molar-refractivity contribution in [2.24, 2.45) is 0 Å². The Kier molecular flexibility index (Phi) is 9.10. The predicted octanol–water partition coefficient (Wildman–Crippen LogP) is 0.989. The molecule has 0 aliphatic rings. The fourth-order valence-electron chi connectivity index (χ4n) is 1.22. The first-order valence-corrected chi connectivity index (χ1v) is 8.27. The molecule has 0 bridgehead atoms. The molecule has 11 heteroatoms. The summed E-state index contributed by atoms with van der Waals surface area (Å²) in [7, 11) is 0.0580. The lowest BCUT2D eigenvalue weighted by Gasteiger charge is -2.12. The second-order valence-corrected chi connectivity index (χ2v) is 6.88. The SMILES string of the molecule is CN(C)CCNS(=O)(=O)c1c(Cl)cccc1Cl.O=C(O)C(=O)O. The van der Waals surface area contributed by atoms with Gasteiger partial charge in [0.1, 0.15) is 4.90 Å². The van der Waals surface area contributed by atoms with Gasteiger partial charge >= 0.3 is 11.9 Å². The van der Waals surface area contributed by atoms with Crippen molar-refractivity contribution in [2.45, 2.75) is 4.90 Å². The van der Waals surface area contributed by atoms with Crippen LogP contribution in [0.2, 0.25) is 10.0 Å². The monoisotopic (exact) mass is 386 g/mol. The Morgan fingerprint density at radius 2 is 1.57 bits per heavy atom. The van der Waals surface area contributed by atoms with E-state index in [0.717, 1.165) is 0 Å². The second-order valence-electron chi connectivity index (χ2n) is 4.36. The van der Waals surface area contributed by atoms with Crippen LogP contribution in [0.1, 0.15) is 0 Å². The van der Waals surface area contributed by atoms with E-state index in [2.05, 4.69) is 4.72 Å². The molecule has 8 nitrogen and oxygen atoms in total. The van der Waals surface area contributed by atoms with E-state index in [1.165, 1.54) is 12.1 Å². The molecule has 1 aromatic rings. The normalized spacial score (nSPS) is 10.8. The molecule has 0 unspecified atom stereocenters. The maximum atomic E-state index is 12.0. The van der Waals surface area contributed by atoms with Crippen molar-refractivity contribution in [3.63, 3.8) is 0 Å². The highest BCUT2D eigenvalue weighted by molar-refractivity contribution is 7.89. The van der Waals surface area contributed by atoms with Crippen LogP contribution >= 0.6 is 23.2 Å². The van der Waals surface area contributed by atoms with Gasteiger partial charge in [-0.25, -0.2) is 22.7 Å². The third-order valence-electron chi connectivity index (χ3n) is 2.22. The number of sulfonamides is 1. The lowest BCUT2D eigenvalue weighted by molar-refractivity contribution is -0.159. The summed E-state index contributed by atoms with van der Waals surface area (Å²) in [5.74, 6) is -3.65. The van der Waals surface area contributed by atoms with Crippen LogP contribution in [0.4, 0.5) is 0 Å². The number of benzene rings is 1. The zero-order valence-corrected chi connectivity index (χ0v) is 14.6. The van der Waals surface area contributed by atoms with Crippen molar-refractivity contribution in [1.29, 1.82) is 0 Å². The van der Waals surface area contributed by atoms with Gasteiger partial charge in [-0.2, -0.15) is 0 Å². The average Bonchev–Trinajstić information content (AvgIpc) is 2.37. The maximum absolute atomic E-state index is 12.0. The van der Waals surface area contributed by atoms with E-state index in [1.807, 2.05) is 19.0 Å². The molecule has 0 saturated heterocycles. The van der Waals surface area contributed by atoms with Crippen molar-refractivity contribution in [1.82, 2.24) is 9.62 Å². The lowest BCUT2D eigenvalue weighted by Crippen LogP contribution is -2.31. The summed E-state index contributed by atoms with van der Waals surface area (Å²) in [5, 5.41) is 15.0. The number of carboxylic acids is 2. The van der Waals surface area contributed by atoms with Gasteiger partial charge in [-0.05, 0) is 26.2 Å². The Bertz CT molecular complexity index is 631. The molecule has 0 saturated carbocycles. The van der Waals surface area contributed by atoms with Crippen LogP contribution in [0.15, 0.2) is 23.1 Å². The van der Waals surface area contributed by atoms with Crippen LogP contribution in [0, 0.1) is 0 Å². The molecule has 1 rings (SSSR count). The Labute approximate surface area is 143 Å². The van der Waals surface area contributed by atoms with Gasteiger partial charge in [-0.1, -0.05) is 29.3 Å². The van der Waals surface area contributed by atoms with Gasteiger partial charge in [0.15, 0.2) is 0 Å². The molecule has 0 aliphatic carbocycles. The van der Waals surface area contributed by atoms with Crippen molar-refractivity contribution in [3.8, 4) is 0 Å². The van der Waals surface area contributed by atoms with Gasteiger partial charge < -0.3 is 15.1 Å². The highest BCUT2D eigenvalue weighted by Crippen LogP contribution is 2.28. The van der Waals surface area contributed by atoms with E-state index in [0.29, 0.717) is 13.1 Å². The standard InChI is InChI=1S/C10H14Cl2N2O2S.C2H2O4/c1-14(2)7-6-13-17(15,16)10-8(11)4-3-5-9(10)12;3-1(4)2(5)6/h3-5,13H,6-7H2,1-2H3;(H,3,4)(H,5,6). The van der Waals surface area contributed by atoms with Gasteiger partial charge in [0.05, 0.1) is 10.0 Å². The number of halogens is 2. The summed E-state index contributed by atoms with van der Waals surface area (Å²) < 4.78 is 26.4. The number of hydrogen-bond donors (Lipinski definition) is 3. The van der Waals surface area contributed by atoms with Crippen LogP contribution in [0.25, 0.3) is 0 Å². The Hall–Kier alpha value is -1.39. The van der Waals surface area contributed by atoms with E-state index < -0.39 is 22.0 Å². The molecular formula is C12H16Cl2N2O6S. The fraction of sp³-hybridized carbons (Fsp3) is 0.333. The smallest absolute Gasteiger partial charge is 0.414 e. The molecule has 0 radical (unpaired) electrons. The number of carbonyl (C=O) groups is 2. The molecule has 23 heavy (non-hydrogen) atoms. The minimum absolute atomic E-state index is 0.0675. The molecule has 0 fully saturated rings. The predicted molar refractivity (Wildman–Crippen MR) is 85.5 cm³/mol. The maximum Gasteiger partial charge on any atom is 0.414 e. The lowest BCUT2D eigenvalue weighted by atomic mass is 10.4. The first-order chi connectivity index (χ1) is 10.5. The van der Waals surface area contributed by atoms with E-state index in [4.69, 9.17) is 43.0 Å². The number of aliphatic carboxylic acids is 2. The van der Waals surface area contributed by atoms with Crippen LogP contribution in [-0.2, 0) is 19.6 Å². The third-order valence-corrected chi connectivity index (χ3v) is 4.64. The van der Waals surface area contributed by atoms with E-state index in [1.54, 1.807) is 6.07 Å². The van der Waals surface area contributed by atoms with Crippen molar-refractivity contribution in [2.75, 3.05) is 27.2 Å². The minimum atomic E-state index is -3.66. The molecule has 0 aliphatic heterocycles. The molecule has 0 spiro atoms. The number of carboxylic acid groups (broad SMARTS) is 2. The molecule has 0 aromatic heterocycles. The molecule has 0 heterocycles. The highest BCUT2D eigenvalue weighted by Gasteiger charge is 2.20. The topological polar surface area (TPSA) is 124 Å². The third kappa shape index (κ3) is 8.14. The van der Waals surface area contributed by atoms with Crippen LogP contribution in [0.3, 0.4) is 0 Å². The number of rotatable bonds is 5. The highest BCUT2D eigenvalue weighted by atomic mass is 35.5. The minimum Gasteiger partial charge on any atom is -0.473 e. The summed E-state index contributed by atoms with van der Waals surface area (Å²) >= 11 is 11.7. The van der Waals surface area contributed by atoms with E-state index >= 15 is 0 Å². The largest absolute Gasteiger partial charge is 0.473 e. The second kappa shape index (κ2) is 9.68. The summed E-state index contributed by atoms with van der Waals surface area (Å²) in [6.45, 7) is 0.901. The van der Waals surface area contributed by atoms with Crippen molar-refractivity contribution >= 4 is 45.2 Å². The summed E-state index contributed by atoms with van der Waals surface area (Å²) in [5.41, 5.74) is 0. The van der Waals surface area contributed by atoms with E-state index in [-0.39, 0.29) is 14.9 Å². The Morgan fingerprint density at radius 3 is 1.91 bits per heavy atom. The quantitative estimate of drug-likeness (QED) is 0.644. The van der Waals surface area contributed by atoms with E-state index in [9.17, 15) is 8.42 Å². The van der Waals surface area contributed by atoms with Crippen molar-refractivity contribution < 1.29 is 28.2 Å².